The number of aromatic nitrogens is 4. The van der Waals surface area contributed by atoms with Gasteiger partial charge in [0.1, 0.15) is 6.54 Å². The van der Waals surface area contributed by atoms with E-state index >= 15 is 0 Å². The number of thiophene rings is 1. The number of hydrogen-bond acceptors (Lipinski definition) is 4. The summed E-state index contributed by atoms with van der Waals surface area (Å²) in [5, 5.41) is 6.43. The molecule has 0 aliphatic rings. The van der Waals surface area contributed by atoms with Gasteiger partial charge in [-0.2, -0.15) is 18.3 Å². The van der Waals surface area contributed by atoms with Crippen LogP contribution in [0.2, 0.25) is 4.34 Å². The van der Waals surface area contributed by atoms with Crippen LogP contribution in [0, 0.1) is 0 Å². The summed E-state index contributed by atoms with van der Waals surface area (Å²) in [7, 11) is 0. The molecule has 0 atom stereocenters. The van der Waals surface area contributed by atoms with Gasteiger partial charge in [0, 0.05) is 18.2 Å². The lowest BCUT2D eigenvalue weighted by molar-refractivity contribution is -0.390. The minimum absolute atomic E-state index is 0.0872. The zero-order valence-corrected chi connectivity index (χ0v) is 16.1. The molecule has 4 rings (SSSR count). The minimum atomic E-state index is -4.68. The number of amides is 1. The fourth-order valence-corrected chi connectivity index (χ4v) is 3.68. The number of H-pyrrole nitrogens is 1. The average Bonchev–Trinajstić information content (AvgIpc) is 3.31. The molecule has 0 saturated carbocycles. The van der Waals surface area contributed by atoms with Crippen molar-refractivity contribution in [1.82, 2.24) is 19.9 Å². The fraction of sp³-hybridized carbons (Fsp3) is 0.111. The van der Waals surface area contributed by atoms with Crippen molar-refractivity contribution in [2.45, 2.75) is 12.7 Å². The maximum absolute atomic E-state index is 13.6. The van der Waals surface area contributed by atoms with Gasteiger partial charge in [-0.3, -0.25) is 4.79 Å². The van der Waals surface area contributed by atoms with Gasteiger partial charge in [-0.05, 0) is 18.2 Å². The van der Waals surface area contributed by atoms with Gasteiger partial charge >= 0.3 is 6.18 Å². The van der Waals surface area contributed by atoms with E-state index < -0.39 is 17.8 Å². The number of halogens is 4. The zero-order chi connectivity index (χ0) is 20.6. The van der Waals surface area contributed by atoms with Gasteiger partial charge in [-0.1, -0.05) is 17.7 Å². The molecule has 4 aromatic rings. The van der Waals surface area contributed by atoms with Crippen LogP contribution in [0.3, 0.4) is 0 Å². The Balaban J connectivity index is 1.71. The SMILES string of the molecule is O=C(NCc1cccc[nH+]1)c1cc2nc(-c3ccc(Cl)s3)cc(C(F)(F)F)n2n1. The fourth-order valence-electron chi connectivity index (χ4n) is 2.67. The van der Waals surface area contributed by atoms with E-state index in [4.69, 9.17) is 11.6 Å². The second-order valence-electron chi connectivity index (χ2n) is 6.00. The van der Waals surface area contributed by atoms with Gasteiger partial charge in [0.25, 0.3) is 5.91 Å². The van der Waals surface area contributed by atoms with Gasteiger partial charge in [0.2, 0.25) is 0 Å². The molecule has 2 N–H and O–H groups in total. The largest absolute Gasteiger partial charge is 0.433 e. The Hall–Kier alpha value is -2.98. The number of aromatic amines is 1. The van der Waals surface area contributed by atoms with E-state index in [1.54, 1.807) is 36.5 Å². The molecule has 0 radical (unpaired) electrons. The monoisotopic (exact) mass is 438 g/mol. The molecule has 0 aliphatic heterocycles. The average molecular weight is 439 g/mol. The number of fused-ring (bicyclic) bond motifs is 1. The van der Waals surface area contributed by atoms with E-state index in [2.05, 4.69) is 20.4 Å². The van der Waals surface area contributed by atoms with E-state index in [9.17, 15) is 18.0 Å². The molecule has 0 saturated heterocycles. The van der Waals surface area contributed by atoms with Crippen molar-refractivity contribution in [2.75, 3.05) is 0 Å². The molecule has 1 amide bonds. The summed E-state index contributed by atoms with van der Waals surface area (Å²) in [6.07, 6.45) is -2.99. The molecule has 4 aromatic heterocycles. The Bertz CT molecular complexity index is 1190. The number of nitrogens with zero attached hydrogens (tertiary/aromatic N) is 3. The number of rotatable bonds is 4. The summed E-state index contributed by atoms with van der Waals surface area (Å²) in [6.45, 7) is 0.173. The summed E-state index contributed by atoms with van der Waals surface area (Å²) >= 11 is 7.00. The number of nitrogens with one attached hydrogen (secondary N) is 2. The van der Waals surface area contributed by atoms with Crippen LogP contribution in [-0.4, -0.2) is 20.5 Å². The van der Waals surface area contributed by atoms with Crippen molar-refractivity contribution >= 4 is 34.5 Å². The topological polar surface area (TPSA) is 73.4 Å². The molecule has 29 heavy (non-hydrogen) atoms. The molecule has 0 unspecified atom stereocenters. The van der Waals surface area contributed by atoms with Gasteiger partial charge in [0.15, 0.2) is 28.9 Å². The van der Waals surface area contributed by atoms with E-state index in [0.29, 0.717) is 13.7 Å². The normalized spacial score (nSPS) is 11.7. The Morgan fingerprint density at radius 1 is 1.24 bits per heavy atom. The van der Waals surface area contributed by atoms with E-state index in [0.717, 1.165) is 23.1 Å². The summed E-state index contributed by atoms with van der Waals surface area (Å²) in [4.78, 5) is 20.0. The highest BCUT2D eigenvalue weighted by molar-refractivity contribution is 7.19. The van der Waals surface area contributed by atoms with Crippen molar-refractivity contribution in [3.63, 3.8) is 0 Å². The third-order valence-electron chi connectivity index (χ3n) is 3.99. The summed E-state index contributed by atoms with van der Waals surface area (Å²) in [5.74, 6) is -0.610. The van der Waals surface area contributed by atoms with Crippen LogP contribution in [0.5, 0.6) is 0 Å². The third kappa shape index (κ3) is 4.08. The minimum Gasteiger partial charge on any atom is -0.340 e. The van der Waals surface area contributed by atoms with E-state index in [1.807, 2.05) is 0 Å². The Morgan fingerprint density at radius 3 is 2.72 bits per heavy atom. The first-order valence-corrected chi connectivity index (χ1v) is 9.48. The smallest absolute Gasteiger partial charge is 0.340 e. The summed E-state index contributed by atoms with van der Waals surface area (Å²) in [5.41, 5.74) is -0.448. The second kappa shape index (κ2) is 7.45. The van der Waals surface area contributed by atoms with Gasteiger partial charge in [-0.15, -0.1) is 11.3 Å². The summed E-state index contributed by atoms with van der Waals surface area (Å²) < 4.78 is 41.8. The number of carbonyl (C=O) groups excluding carboxylic acids is 1. The first-order chi connectivity index (χ1) is 13.8. The van der Waals surface area contributed by atoms with Crippen LogP contribution in [0.1, 0.15) is 21.9 Å². The zero-order valence-electron chi connectivity index (χ0n) is 14.5. The maximum Gasteiger partial charge on any atom is 0.433 e. The van der Waals surface area contributed by atoms with E-state index in [1.165, 1.54) is 6.07 Å². The Labute approximate surface area is 171 Å². The molecule has 0 aromatic carbocycles. The van der Waals surface area contributed by atoms with Crippen molar-refractivity contribution in [3.05, 3.63) is 70.1 Å². The third-order valence-corrected chi connectivity index (χ3v) is 5.24. The number of alkyl halides is 3. The van der Waals surface area contributed by atoms with Gasteiger partial charge < -0.3 is 5.32 Å². The van der Waals surface area contributed by atoms with Crippen LogP contribution in [-0.2, 0) is 12.7 Å². The van der Waals surface area contributed by atoms with E-state index in [-0.39, 0.29) is 23.6 Å². The molecular weight excluding hydrogens is 427 g/mol. The standard InChI is InChI=1S/C18H11ClF3N5OS/c19-15-5-4-13(29-15)11-7-14(18(20,21)22)27-16(25-11)8-12(26-27)17(28)24-9-10-3-1-2-6-23-10/h1-8H,9H2,(H,24,28)/p+1. The molecule has 6 nitrogen and oxygen atoms in total. The second-order valence-corrected chi connectivity index (χ2v) is 7.71. The van der Waals surface area contributed by atoms with Crippen LogP contribution >= 0.6 is 22.9 Å². The highest BCUT2D eigenvalue weighted by Gasteiger charge is 2.35. The van der Waals surface area contributed by atoms with Crippen molar-refractivity contribution in [2.24, 2.45) is 0 Å². The highest BCUT2D eigenvalue weighted by Crippen LogP contribution is 2.35. The predicted molar refractivity (Wildman–Crippen MR) is 100 cm³/mol. The number of carbonyl (C=O) groups is 1. The molecular formula is C18H12ClF3N5OS+. The highest BCUT2D eigenvalue weighted by atomic mass is 35.5. The van der Waals surface area contributed by atoms with Crippen LogP contribution in [0.25, 0.3) is 16.2 Å². The van der Waals surface area contributed by atoms with Gasteiger partial charge in [-0.25, -0.2) is 14.5 Å². The summed E-state index contributed by atoms with van der Waals surface area (Å²) in [6, 6.07) is 10.6. The quantitative estimate of drug-likeness (QED) is 0.525. The molecule has 148 valence electrons. The maximum atomic E-state index is 13.6. The Kier molecular flexibility index (Phi) is 4.97. The van der Waals surface area contributed by atoms with Crippen LogP contribution < -0.4 is 10.3 Å². The molecule has 0 aliphatic carbocycles. The molecule has 4 heterocycles. The van der Waals surface area contributed by atoms with Crippen molar-refractivity contribution in [1.29, 1.82) is 0 Å². The molecule has 11 heteroatoms. The van der Waals surface area contributed by atoms with Crippen molar-refractivity contribution in [3.8, 4) is 10.6 Å². The number of pyridine rings is 1. The lowest BCUT2D eigenvalue weighted by atomic mass is 10.2. The lowest BCUT2D eigenvalue weighted by Gasteiger charge is -2.10. The number of hydrogen-bond donors (Lipinski definition) is 1. The lowest BCUT2D eigenvalue weighted by Crippen LogP contribution is -2.26. The first kappa shape index (κ1) is 19.3. The molecule has 0 bridgehead atoms. The van der Waals surface area contributed by atoms with Crippen molar-refractivity contribution < 1.29 is 22.9 Å². The Morgan fingerprint density at radius 2 is 2.07 bits per heavy atom. The van der Waals surface area contributed by atoms with Crippen LogP contribution in [0.15, 0.2) is 48.7 Å². The first-order valence-electron chi connectivity index (χ1n) is 8.29. The molecule has 0 spiro atoms. The predicted octanol–water partition coefficient (Wildman–Crippen LogP) is 3.87. The molecule has 0 fully saturated rings. The van der Waals surface area contributed by atoms with Crippen LogP contribution in [0.4, 0.5) is 13.2 Å². The van der Waals surface area contributed by atoms with Gasteiger partial charge in [0.05, 0.1) is 14.9 Å².